The second-order valence-corrected chi connectivity index (χ2v) is 6.79. The zero-order valence-electron chi connectivity index (χ0n) is 15.0. The van der Waals surface area contributed by atoms with Gasteiger partial charge < -0.3 is 14.5 Å². The number of carbonyl (C=O) groups excluding carboxylic acids is 2. The van der Waals surface area contributed by atoms with Gasteiger partial charge in [-0.15, -0.1) is 0 Å². The van der Waals surface area contributed by atoms with Crippen molar-refractivity contribution in [2.45, 2.75) is 19.4 Å². The molecule has 1 aliphatic heterocycles. The van der Waals surface area contributed by atoms with E-state index in [0.717, 1.165) is 18.7 Å². The molecule has 2 amide bonds. The minimum Gasteiger partial charge on any atom is -0.484 e. The molecule has 0 atom stereocenters. The number of halogens is 2. The molecule has 27 heavy (non-hydrogen) atoms. The number of hydrogen-bond donors (Lipinski definition) is 0. The van der Waals surface area contributed by atoms with E-state index in [2.05, 4.69) is 0 Å². The van der Waals surface area contributed by atoms with Gasteiger partial charge in [-0.3, -0.25) is 9.59 Å². The molecule has 7 heteroatoms. The second kappa shape index (κ2) is 8.39. The third-order valence-corrected chi connectivity index (χ3v) is 4.82. The maximum atomic E-state index is 13.8. The van der Waals surface area contributed by atoms with Gasteiger partial charge in [-0.25, -0.2) is 4.39 Å². The van der Waals surface area contributed by atoms with Crippen LogP contribution in [0.4, 0.5) is 10.1 Å². The Bertz CT molecular complexity index is 821. The van der Waals surface area contributed by atoms with Crippen molar-refractivity contribution in [3.8, 4) is 5.75 Å². The minimum absolute atomic E-state index is 0.0592. The lowest BCUT2D eigenvalue weighted by molar-refractivity contribution is -0.132. The van der Waals surface area contributed by atoms with Gasteiger partial charge in [-0.2, -0.15) is 0 Å². The maximum absolute atomic E-state index is 13.8. The largest absolute Gasteiger partial charge is 0.484 e. The number of hydrogen-bond acceptors (Lipinski definition) is 3. The molecule has 0 spiro atoms. The number of anilines is 1. The highest BCUT2D eigenvalue weighted by atomic mass is 35.5. The van der Waals surface area contributed by atoms with Gasteiger partial charge >= 0.3 is 0 Å². The number of rotatable bonds is 6. The zero-order chi connectivity index (χ0) is 19.4. The van der Waals surface area contributed by atoms with Crippen molar-refractivity contribution >= 4 is 29.1 Å². The lowest BCUT2D eigenvalue weighted by atomic mass is 10.2. The molecule has 1 fully saturated rings. The predicted molar refractivity (Wildman–Crippen MR) is 101 cm³/mol. The molecule has 0 aliphatic carbocycles. The van der Waals surface area contributed by atoms with Crippen molar-refractivity contribution < 1.29 is 18.7 Å². The lowest BCUT2D eigenvalue weighted by Crippen LogP contribution is -2.31. The first-order valence-electron chi connectivity index (χ1n) is 8.66. The first-order chi connectivity index (χ1) is 13.0. The van der Waals surface area contributed by atoms with Crippen LogP contribution in [0.25, 0.3) is 0 Å². The Balaban J connectivity index is 1.54. The van der Waals surface area contributed by atoms with Crippen LogP contribution in [-0.2, 0) is 16.1 Å². The minimum atomic E-state index is -0.449. The molecule has 3 rings (SSSR count). The van der Waals surface area contributed by atoms with Crippen LogP contribution in [0.2, 0.25) is 5.02 Å². The van der Waals surface area contributed by atoms with Crippen LogP contribution in [0.15, 0.2) is 42.5 Å². The van der Waals surface area contributed by atoms with Gasteiger partial charge in [0, 0.05) is 42.8 Å². The van der Waals surface area contributed by atoms with E-state index in [4.69, 9.17) is 16.3 Å². The van der Waals surface area contributed by atoms with Crippen LogP contribution in [-0.4, -0.2) is 36.9 Å². The van der Waals surface area contributed by atoms with Gasteiger partial charge in [0.15, 0.2) is 6.61 Å². The molecule has 5 nitrogen and oxygen atoms in total. The van der Waals surface area contributed by atoms with Crippen LogP contribution in [0, 0.1) is 5.82 Å². The van der Waals surface area contributed by atoms with Crippen molar-refractivity contribution in [1.82, 2.24) is 4.90 Å². The number of benzene rings is 2. The third-order valence-electron chi connectivity index (χ3n) is 4.47. The Morgan fingerprint density at radius 2 is 2.00 bits per heavy atom. The highest BCUT2D eigenvalue weighted by molar-refractivity contribution is 6.31. The summed E-state index contributed by atoms with van der Waals surface area (Å²) < 4.78 is 19.3. The molecule has 1 saturated heterocycles. The summed E-state index contributed by atoms with van der Waals surface area (Å²) in [4.78, 5) is 27.1. The fourth-order valence-corrected chi connectivity index (χ4v) is 3.13. The molecule has 1 heterocycles. The van der Waals surface area contributed by atoms with Gasteiger partial charge in [0.05, 0.1) is 0 Å². The van der Waals surface area contributed by atoms with Gasteiger partial charge in [-0.1, -0.05) is 17.7 Å². The Hall–Kier alpha value is -2.60. The van der Waals surface area contributed by atoms with E-state index in [-0.39, 0.29) is 35.6 Å². The monoisotopic (exact) mass is 390 g/mol. The molecule has 0 aromatic heterocycles. The first kappa shape index (κ1) is 19.2. The highest BCUT2D eigenvalue weighted by Gasteiger charge is 2.21. The van der Waals surface area contributed by atoms with Crippen molar-refractivity contribution in [1.29, 1.82) is 0 Å². The molecule has 2 aromatic rings. The first-order valence-corrected chi connectivity index (χ1v) is 9.03. The number of nitrogens with zero attached hydrogens (tertiary/aromatic N) is 2. The summed E-state index contributed by atoms with van der Waals surface area (Å²) in [6.45, 7) is 0.606. The van der Waals surface area contributed by atoms with Crippen LogP contribution in [0.5, 0.6) is 5.75 Å². The summed E-state index contributed by atoms with van der Waals surface area (Å²) in [6.07, 6.45) is 1.44. The summed E-state index contributed by atoms with van der Waals surface area (Å²) in [5.74, 6) is -0.105. The van der Waals surface area contributed by atoms with Crippen molar-refractivity contribution in [2.24, 2.45) is 0 Å². The number of amides is 2. The Labute approximate surface area is 162 Å². The van der Waals surface area contributed by atoms with Gasteiger partial charge in [0.25, 0.3) is 5.91 Å². The topological polar surface area (TPSA) is 49.9 Å². The van der Waals surface area contributed by atoms with Crippen LogP contribution >= 0.6 is 11.6 Å². The maximum Gasteiger partial charge on any atom is 0.260 e. The Morgan fingerprint density at radius 1 is 1.26 bits per heavy atom. The lowest BCUT2D eigenvalue weighted by Gasteiger charge is -2.19. The van der Waals surface area contributed by atoms with E-state index in [0.29, 0.717) is 12.2 Å². The van der Waals surface area contributed by atoms with Crippen molar-refractivity contribution in [2.75, 3.05) is 25.1 Å². The van der Waals surface area contributed by atoms with Crippen LogP contribution in [0.1, 0.15) is 18.4 Å². The molecule has 142 valence electrons. The zero-order valence-corrected chi connectivity index (χ0v) is 15.7. The van der Waals surface area contributed by atoms with Gasteiger partial charge in [0.1, 0.15) is 11.6 Å². The van der Waals surface area contributed by atoms with E-state index < -0.39 is 5.82 Å². The van der Waals surface area contributed by atoms with Crippen LogP contribution < -0.4 is 9.64 Å². The SMILES string of the molecule is CN(Cc1c(F)cccc1Cl)C(=O)COc1ccc(N2CCCC2=O)cc1. The average Bonchev–Trinajstić information content (AvgIpc) is 3.09. The van der Waals surface area contributed by atoms with E-state index in [1.54, 1.807) is 42.3 Å². The van der Waals surface area contributed by atoms with E-state index in [1.807, 2.05) is 0 Å². The molecular formula is C20H20ClFN2O3. The molecule has 0 radical (unpaired) electrons. The van der Waals surface area contributed by atoms with Crippen molar-refractivity contribution in [3.63, 3.8) is 0 Å². The summed E-state index contributed by atoms with van der Waals surface area (Å²) in [5.41, 5.74) is 1.09. The van der Waals surface area contributed by atoms with E-state index >= 15 is 0 Å². The molecule has 0 saturated carbocycles. The number of likely N-dealkylation sites (N-methyl/N-ethyl adjacent to an activating group) is 1. The molecule has 0 unspecified atom stereocenters. The van der Waals surface area contributed by atoms with E-state index in [9.17, 15) is 14.0 Å². The normalized spacial score (nSPS) is 13.7. The quantitative estimate of drug-likeness (QED) is 0.756. The van der Waals surface area contributed by atoms with Crippen LogP contribution in [0.3, 0.4) is 0 Å². The summed E-state index contributed by atoms with van der Waals surface area (Å²) in [7, 11) is 1.57. The average molecular weight is 391 g/mol. The highest BCUT2D eigenvalue weighted by Crippen LogP contribution is 2.24. The number of carbonyl (C=O) groups is 2. The number of ether oxygens (including phenoxy) is 1. The molecule has 2 aromatic carbocycles. The smallest absolute Gasteiger partial charge is 0.260 e. The molecule has 0 bridgehead atoms. The molecule has 1 aliphatic rings. The molecular weight excluding hydrogens is 371 g/mol. The molecule has 0 N–H and O–H groups in total. The fraction of sp³-hybridized carbons (Fsp3) is 0.300. The second-order valence-electron chi connectivity index (χ2n) is 6.38. The Kier molecular flexibility index (Phi) is 5.96. The standard InChI is InChI=1S/C20H20ClFN2O3/c1-23(12-16-17(21)4-2-5-18(16)22)20(26)13-27-15-9-7-14(8-10-15)24-11-3-6-19(24)25/h2,4-5,7-10H,3,6,11-13H2,1H3. The van der Waals surface area contributed by atoms with E-state index in [1.165, 1.54) is 17.0 Å². The third kappa shape index (κ3) is 4.57. The van der Waals surface area contributed by atoms with Gasteiger partial charge in [-0.05, 0) is 42.8 Å². The summed E-state index contributed by atoms with van der Waals surface area (Å²) >= 11 is 5.99. The Morgan fingerprint density at radius 3 is 2.63 bits per heavy atom. The van der Waals surface area contributed by atoms with Gasteiger partial charge in [0.2, 0.25) is 5.91 Å². The summed E-state index contributed by atoms with van der Waals surface area (Å²) in [5, 5.41) is 0.280. The predicted octanol–water partition coefficient (Wildman–Crippen LogP) is 3.64. The fourth-order valence-electron chi connectivity index (χ4n) is 2.91. The summed E-state index contributed by atoms with van der Waals surface area (Å²) in [6, 6.07) is 11.5. The van der Waals surface area contributed by atoms with Crippen molar-refractivity contribution in [3.05, 3.63) is 58.9 Å².